The highest BCUT2D eigenvalue weighted by Gasteiger charge is 2.41. The van der Waals surface area contributed by atoms with Crippen LogP contribution < -0.4 is 25.2 Å². The highest BCUT2D eigenvalue weighted by molar-refractivity contribution is 6.06. The Morgan fingerprint density at radius 1 is 0.908 bits per heavy atom. The molecule has 8 heterocycles. The number of hydrogen-bond donors (Lipinski definition) is 4. The number of amides is 3. The minimum atomic E-state index is -0.589. The molecule has 0 radical (unpaired) electrons. The second-order valence-corrected chi connectivity index (χ2v) is 18.4. The van der Waals surface area contributed by atoms with Crippen molar-refractivity contribution in [1.82, 2.24) is 35.4 Å². The van der Waals surface area contributed by atoms with Crippen molar-refractivity contribution in [2.75, 3.05) is 56.2 Å². The predicted molar refractivity (Wildman–Crippen MR) is 245 cm³/mol. The summed E-state index contributed by atoms with van der Waals surface area (Å²) in [4.78, 5) is 58.7. The Kier molecular flexibility index (Phi) is 11.7. The Labute approximate surface area is 377 Å². The van der Waals surface area contributed by atoms with Crippen molar-refractivity contribution < 1.29 is 33.7 Å². The number of nitrogens with zero attached hydrogens (tertiary/aromatic N) is 7. The summed E-state index contributed by atoms with van der Waals surface area (Å²) in [7, 11) is 2.10. The van der Waals surface area contributed by atoms with Crippen LogP contribution in [0.1, 0.15) is 79.8 Å². The molecule has 4 unspecified atom stereocenters. The monoisotopic (exact) mass is 885 g/mol. The number of hydrogen-bond acceptors (Lipinski definition) is 13. The molecule has 2 bridgehead atoms. The number of rotatable bonds is 8. The molecular weight excluding hydrogens is 830 g/mol. The van der Waals surface area contributed by atoms with E-state index in [2.05, 4.69) is 49.3 Å². The first-order chi connectivity index (χ1) is 31.5. The lowest BCUT2D eigenvalue weighted by atomic mass is 9.95. The molecule has 2 aromatic heterocycles. The van der Waals surface area contributed by atoms with Crippen LogP contribution in [0.25, 0.3) is 32.9 Å². The number of fused-ring (bicyclic) bond motifs is 5. The summed E-state index contributed by atoms with van der Waals surface area (Å²) >= 11 is 0. The fourth-order valence-corrected chi connectivity index (χ4v) is 10.8. The number of pyridine rings is 1. The molecule has 0 aliphatic carbocycles. The topological polar surface area (TPSA) is 177 Å². The summed E-state index contributed by atoms with van der Waals surface area (Å²) in [5.41, 5.74) is 4.57. The lowest BCUT2D eigenvalue weighted by molar-refractivity contribution is -0.136. The summed E-state index contributed by atoms with van der Waals surface area (Å²) in [5, 5.41) is 28.5. The Bertz CT molecular complexity index is 2660. The summed E-state index contributed by atoms with van der Waals surface area (Å²) in [6.45, 7) is 7.07. The lowest BCUT2D eigenvalue weighted by Gasteiger charge is -2.34. The second kappa shape index (κ2) is 17.8. The first-order valence-electron chi connectivity index (χ1n) is 23.2. The number of phenols is 1. The minimum absolute atomic E-state index is 0.0708. The number of piperidine rings is 2. The SMILES string of the molecule is CCc1cccc2cc(O)cc(-c3ncc4c(N5CC6CCC(C5)N6)nc(OCC5CCCN5C)nc4c3F)c12.O=C1CCC(N2Cc3c(cccc3N3CCC(O)CC3)C2=O)C(=O)N1. The van der Waals surface area contributed by atoms with Gasteiger partial charge in [0.1, 0.15) is 35.4 Å². The van der Waals surface area contributed by atoms with Gasteiger partial charge < -0.3 is 39.9 Å². The zero-order valence-electron chi connectivity index (χ0n) is 36.9. The number of anilines is 2. The molecule has 15 nitrogen and oxygen atoms in total. The molecule has 65 heavy (non-hydrogen) atoms. The lowest BCUT2D eigenvalue weighted by Crippen LogP contribution is -2.52. The number of aliphatic hydroxyl groups is 1. The van der Waals surface area contributed by atoms with E-state index < -0.39 is 11.9 Å². The summed E-state index contributed by atoms with van der Waals surface area (Å²) < 4.78 is 22.8. The third kappa shape index (κ3) is 8.31. The number of nitrogens with one attached hydrogen (secondary N) is 2. The zero-order valence-corrected chi connectivity index (χ0v) is 36.9. The second-order valence-electron chi connectivity index (χ2n) is 18.4. The molecule has 16 heteroatoms. The molecule has 5 saturated heterocycles. The van der Waals surface area contributed by atoms with E-state index in [0.29, 0.717) is 72.9 Å². The number of aromatic nitrogens is 3. The number of imide groups is 1. The van der Waals surface area contributed by atoms with Gasteiger partial charge in [-0.1, -0.05) is 31.2 Å². The van der Waals surface area contributed by atoms with Gasteiger partial charge in [0.25, 0.3) is 5.91 Å². The average molecular weight is 886 g/mol. The molecule has 340 valence electrons. The van der Waals surface area contributed by atoms with E-state index in [4.69, 9.17) is 9.72 Å². The Balaban J connectivity index is 0.000000171. The van der Waals surface area contributed by atoms with Crippen molar-refractivity contribution in [3.63, 3.8) is 0 Å². The Hall–Kier alpha value is -5.97. The van der Waals surface area contributed by atoms with Gasteiger partial charge in [-0.2, -0.15) is 9.97 Å². The number of aromatic hydroxyl groups is 1. The number of aliphatic hydroxyl groups excluding tert-OH is 1. The highest BCUT2D eigenvalue weighted by atomic mass is 19.1. The summed E-state index contributed by atoms with van der Waals surface area (Å²) in [5.74, 6) is -0.603. The average Bonchev–Trinajstić information content (AvgIpc) is 3.99. The van der Waals surface area contributed by atoms with E-state index in [9.17, 15) is 24.6 Å². The first-order valence-corrected chi connectivity index (χ1v) is 23.2. The number of carbonyl (C=O) groups is 3. The molecule has 5 fully saturated rings. The summed E-state index contributed by atoms with van der Waals surface area (Å²) in [6, 6.07) is 15.6. The minimum Gasteiger partial charge on any atom is -0.508 e. The third-order valence-electron chi connectivity index (χ3n) is 14.3. The van der Waals surface area contributed by atoms with Crippen LogP contribution in [0.15, 0.2) is 54.7 Å². The van der Waals surface area contributed by atoms with Crippen LogP contribution in [0.3, 0.4) is 0 Å². The number of likely N-dealkylation sites (tertiary alicyclic amines) is 1. The van der Waals surface area contributed by atoms with Crippen molar-refractivity contribution >= 4 is 50.9 Å². The van der Waals surface area contributed by atoms with Crippen molar-refractivity contribution in [2.24, 2.45) is 0 Å². The molecule has 4 N–H and O–H groups in total. The van der Waals surface area contributed by atoms with Gasteiger partial charge in [0.2, 0.25) is 11.8 Å². The molecule has 6 aliphatic heterocycles. The van der Waals surface area contributed by atoms with E-state index in [1.807, 2.05) is 30.3 Å². The molecular formula is C49H56FN9O6. The number of benzene rings is 3. The largest absolute Gasteiger partial charge is 0.508 e. The van der Waals surface area contributed by atoms with Crippen LogP contribution in [-0.4, -0.2) is 129 Å². The van der Waals surface area contributed by atoms with E-state index in [1.54, 1.807) is 29.3 Å². The molecule has 6 aliphatic rings. The highest BCUT2D eigenvalue weighted by Crippen LogP contribution is 2.40. The van der Waals surface area contributed by atoms with Crippen LogP contribution in [0, 0.1) is 5.82 Å². The number of halogens is 1. The van der Waals surface area contributed by atoms with Gasteiger partial charge in [0.15, 0.2) is 5.82 Å². The summed E-state index contributed by atoms with van der Waals surface area (Å²) in [6.07, 6.45) is 8.72. The number of carbonyl (C=O) groups excluding carboxylic acids is 3. The maximum absolute atomic E-state index is 16.6. The van der Waals surface area contributed by atoms with E-state index in [1.165, 1.54) is 0 Å². The standard InChI is InChI=1S/C31H35FN6O2.C18H21N3O4/c1-3-18-6-4-7-19-12-23(39)13-24(26(18)19)28-27(32)29-25(14-33-28)30(38-15-20-9-10-21(16-38)34-20)36-31(35-29)40-17-22-8-5-11-37(22)2;22-11-6-8-20(9-7-11)14-3-1-2-12-13(14)10-21(18(12)25)15-4-5-16(23)19-17(15)24/h4,6-7,12-14,20-22,34,39H,3,5,8-11,15-17H2,1-2H3;1-3,11,15,22H,4-10H2,(H,19,23,24). The molecule has 11 rings (SSSR count). The van der Waals surface area contributed by atoms with Crippen molar-refractivity contribution in [3.8, 4) is 23.0 Å². The molecule has 3 aromatic carbocycles. The van der Waals surface area contributed by atoms with Crippen LogP contribution in [0.4, 0.5) is 15.9 Å². The quantitative estimate of drug-likeness (QED) is 0.152. The normalized spacial score (nSPS) is 23.6. The molecule has 4 atom stereocenters. The van der Waals surface area contributed by atoms with Crippen molar-refractivity contribution in [1.29, 1.82) is 0 Å². The van der Waals surface area contributed by atoms with Gasteiger partial charge >= 0.3 is 6.01 Å². The molecule has 0 saturated carbocycles. The van der Waals surface area contributed by atoms with Gasteiger partial charge in [-0.05, 0) is 106 Å². The number of piperazine rings is 1. The Morgan fingerprint density at radius 2 is 1.69 bits per heavy atom. The fraction of sp³-hybridized carbons (Fsp3) is 0.469. The maximum Gasteiger partial charge on any atom is 0.319 e. The van der Waals surface area contributed by atoms with Crippen LogP contribution in [0.2, 0.25) is 0 Å². The molecule has 5 aromatic rings. The number of aryl methyl sites for hydroxylation is 1. The fourth-order valence-electron chi connectivity index (χ4n) is 10.8. The van der Waals surface area contributed by atoms with Crippen molar-refractivity contribution in [3.05, 3.63) is 77.2 Å². The van der Waals surface area contributed by atoms with Crippen LogP contribution in [-0.2, 0) is 22.6 Å². The number of likely N-dealkylation sites (N-methyl/N-ethyl adjacent to an activating group) is 1. The van der Waals surface area contributed by atoms with E-state index >= 15 is 4.39 Å². The maximum atomic E-state index is 16.6. The van der Waals surface area contributed by atoms with E-state index in [0.717, 1.165) is 92.4 Å². The predicted octanol–water partition coefficient (Wildman–Crippen LogP) is 5.07. The number of ether oxygens (including phenoxy) is 1. The van der Waals surface area contributed by atoms with Crippen LogP contribution >= 0.6 is 0 Å². The third-order valence-corrected chi connectivity index (χ3v) is 14.3. The van der Waals surface area contributed by atoms with Gasteiger partial charge in [-0.25, -0.2) is 4.39 Å². The van der Waals surface area contributed by atoms with E-state index in [-0.39, 0.29) is 53.2 Å². The molecule has 0 spiro atoms. The Morgan fingerprint density at radius 3 is 2.43 bits per heavy atom. The van der Waals surface area contributed by atoms with Crippen LogP contribution in [0.5, 0.6) is 11.8 Å². The van der Waals surface area contributed by atoms with Gasteiger partial charge in [0.05, 0.1) is 11.5 Å². The molecule has 3 amide bonds. The van der Waals surface area contributed by atoms with Gasteiger partial charge in [-0.15, -0.1) is 0 Å². The van der Waals surface area contributed by atoms with Gasteiger partial charge in [-0.3, -0.25) is 24.7 Å². The number of phenolic OH excluding ortho intramolecular Hbond substituents is 1. The first kappa shape index (κ1) is 43.0. The zero-order chi connectivity index (χ0) is 44.9. The smallest absolute Gasteiger partial charge is 0.319 e. The van der Waals surface area contributed by atoms with Crippen molar-refractivity contribution in [2.45, 2.75) is 102 Å². The van der Waals surface area contributed by atoms with Gasteiger partial charge in [0, 0.05) is 85.8 Å².